The summed E-state index contributed by atoms with van der Waals surface area (Å²) in [5.41, 5.74) is 0.965. The van der Waals surface area contributed by atoms with E-state index in [0.29, 0.717) is 17.8 Å². The van der Waals surface area contributed by atoms with Crippen molar-refractivity contribution in [3.8, 4) is 6.07 Å². The fourth-order valence-corrected chi connectivity index (χ4v) is 1.56. The first-order valence-electron chi connectivity index (χ1n) is 6.32. The number of rotatable bonds is 5. The van der Waals surface area contributed by atoms with Crippen LogP contribution in [0.1, 0.15) is 19.4 Å². The molecule has 6 heteroatoms. The normalized spacial score (nSPS) is 9.45. The molecule has 0 unspecified atom stereocenters. The average molecular weight is 275 g/mol. The molecule has 1 aromatic carbocycles. The van der Waals surface area contributed by atoms with Gasteiger partial charge in [-0.15, -0.1) is 0 Å². The fraction of sp³-hybridized carbons (Fsp3) is 0.357. The smallest absolute Gasteiger partial charge is 0.325 e. The largest absolute Gasteiger partial charge is 0.465 e. The molecule has 0 aliphatic carbocycles. The fourth-order valence-electron chi connectivity index (χ4n) is 1.56. The van der Waals surface area contributed by atoms with Gasteiger partial charge in [0.1, 0.15) is 6.54 Å². The Morgan fingerprint density at radius 3 is 2.75 bits per heavy atom. The topological polar surface area (TPSA) is 82.4 Å². The van der Waals surface area contributed by atoms with Crippen LogP contribution >= 0.6 is 0 Å². The predicted molar refractivity (Wildman–Crippen MR) is 74.1 cm³/mol. The van der Waals surface area contributed by atoms with Crippen molar-refractivity contribution in [1.82, 2.24) is 4.90 Å². The number of benzene rings is 1. The number of hydrogen-bond donors (Lipinski definition) is 1. The van der Waals surface area contributed by atoms with Gasteiger partial charge in [-0.25, -0.2) is 4.79 Å². The first-order valence-corrected chi connectivity index (χ1v) is 6.32. The van der Waals surface area contributed by atoms with Crippen LogP contribution in [0.3, 0.4) is 0 Å². The lowest BCUT2D eigenvalue weighted by Gasteiger charge is -2.20. The van der Waals surface area contributed by atoms with Crippen LogP contribution in [0.5, 0.6) is 0 Å². The Bertz CT molecular complexity index is 523. The maximum Gasteiger partial charge on any atom is 0.325 e. The van der Waals surface area contributed by atoms with E-state index in [0.717, 1.165) is 0 Å². The van der Waals surface area contributed by atoms with Gasteiger partial charge in [0, 0.05) is 12.2 Å². The molecule has 0 bridgehead atoms. The van der Waals surface area contributed by atoms with E-state index in [1.807, 2.05) is 6.07 Å². The van der Waals surface area contributed by atoms with Gasteiger partial charge in [-0.2, -0.15) is 5.26 Å². The minimum absolute atomic E-state index is 0.103. The predicted octanol–water partition coefficient (Wildman–Crippen LogP) is 1.98. The van der Waals surface area contributed by atoms with Crippen LogP contribution in [0.25, 0.3) is 0 Å². The zero-order chi connectivity index (χ0) is 15.0. The molecule has 0 spiro atoms. The number of nitrogens with zero attached hydrogens (tertiary/aromatic N) is 2. The van der Waals surface area contributed by atoms with Crippen LogP contribution in [0.15, 0.2) is 24.3 Å². The molecule has 0 saturated carbocycles. The molecule has 0 radical (unpaired) electrons. The van der Waals surface area contributed by atoms with E-state index in [1.165, 1.54) is 4.90 Å². The van der Waals surface area contributed by atoms with Crippen molar-refractivity contribution in [3.05, 3.63) is 29.8 Å². The second-order valence-electron chi connectivity index (χ2n) is 3.94. The highest BCUT2D eigenvalue weighted by Gasteiger charge is 2.16. The van der Waals surface area contributed by atoms with Gasteiger partial charge >= 0.3 is 12.0 Å². The van der Waals surface area contributed by atoms with Gasteiger partial charge in [-0.1, -0.05) is 6.07 Å². The lowest BCUT2D eigenvalue weighted by atomic mass is 10.2. The SMILES string of the molecule is CCOC(=O)CN(CC)C(=O)Nc1cccc(C#N)c1. The maximum absolute atomic E-state index is 12.0. The third kappa shape index (κ3) is 4.61. The molecule has 106 valence electrons. The van der Waals surface area contributed by atoms with E-state index in [1.54, 1.807) is 38.1 Å². The van der Waals surface area contributed by atoms with Gasteiger partial charge in [0.2, 0.25) is 0 Å². The number of esters is 1. The van der Waals surface area contributed by atoms with E-state index in [2.05, 4.69) is 5.32 Å². The van der Waals surface area contributed by atoms with Gasteiger partial charge in [-0.3, -0.25) is 4.79 Å². The van der Waals surface area contributed by atoms with Crippen LogP contribution in [-0.4, -0.2) is 36.6 Å². The zero-order valence-corrected chi connectivity index (χ0v) is 11.5. The molecule has 0 atom stereocenters. The Hall–Kier alpha value is -2.55. The monoisotopic (exact) mass is 275 g/mol. The Labute approximate surface area is 117 Å². The molecule has 0 fully saturated rings. The molecule has 0 heterocycles. The number of nitriles is 1. The number of ether oxygens (including phenoxy) is 1. The molecule has 2 amide bonds. The number of amides is 2. The first-order chi connectivity index (χ1) is 9.60. The van der Waals surface area contributed by atoms with Crippen LogP contribution in [0.2, 0.25) is 0 Å². The van der Waals surface area contributed by atoms with E-state index in [-0.39, 0.29) is 13.2 Å². The molecule has 1 rings (SSSR count). The molecule has 6 nitrogen and oxygen atoms in total. The van der Waals surface area contributed by atoms with Gasteiger partial charge in [0.05, 0.1) is 18.2 Å². The Morgan fingerprint density at radius 2 is 2.15 bits per heavy atom. The van der Waals surface area contributed by atoms with Crippen molar-refractivity contribution in [2.24, 2.45) is 0 Å². The summed E-state index contributed by atoms with van der Waals surface area (Å²) in [6.45, 7) is 4.03. The molecule has 1 aromatic rings. The molecule has 20 heavy (non-hydrogen) atoms. The maximum atomic E-state index is 12.0. The number of likely N-dealkylation sites (N-methyl/N-ethyl adjacent to an activating group) is 1. The second-order valence-corrected chi connectivity index (χ2v) is 3.94. The quantitative estimate of drug-likeness (QED) is 0.833. The number of nitrogens with one attached hydrogen (secondary N) is 1. The third-order valence-electron chi connectivity index (χ3n) is 2.54. The zero-order valence-electron chi connectivity index (χ0n) is 11.5. The molecule has 0 aliphatic rings. The molecule has 1 N–H and O–H groups in total. The van der Waals surface area contributed by atoms with Gasteiger partial charge in [0.15, 0.2) is 0 Å². The minimum Gasteiger partial charge on any atom is -0.465 e. The van der Waals surface area contributed by atoms with Crippen molar-refractivity contribution in [2.45, 2.75) is 13.8 Å². The molecule has 0 aliphatic heterocycles. The van der Waals surface area contributed by atoms with Gasteiger partial charge in [0.25, 0.3) is 0 Å². The van der Waals surface area contributed by atoms with Gasteiger partial charge < -0.3 is 15.0 Å². The summed E-state index contributed by atoms with van der Waals surface area (Å²) in [4.78, 5) is 24.7. The van der Waals surface area contributed by atoms with E-state index >= 15 is 0 Å². The van der Waals surface area contributed by atoms with Crippen LogP contribution in [0.4, 0.5) is 10.5 Å². The molecular weight excluding hydrogens is 258 g/mol. The summed E-state index contributed by atoms with van der Waals surface area (Å²) in [6, 6.07) is 8.15. The third-order valence-corrected chi connectivity index (χ3v) is 2.54. The van der Waals surface area contributed by atoms with Crippen molar-refractivity contribution < 1.29 is 14.3 Å². The van der Waals surface area contributed by atoms with E-state index in [9.17, 15) is 9.59 Å². The highest BCUT2D eigenvalue weighted by molar-refractivity contribution is 5.91. The lowest BCUT2D eigenvalue weighted by molar-refractivity contribution is -0.143. The van der Waals surface area contributed by atoms with Crippen LogP contribution in [0, 0.1) is 11.3 Å². The lowest BCUT2D eigenvalue weighted by Crippen LogP contribution is -2.39. The summed E-state index contributed by atoms with van der Waals surface area (Å²) in [5.74, 6) is -0.449. The summed E-state index contributed by atoms with van der Waals surface area (Å²) < 4.78 is 4.81. The highest BCUT2D eigenvalue weighted by atomic mass is 16.5. The molecule has 0 saturated heterocycles. The van der Waals surface area contributed by atoms with Crippen LogP contribution < -0.4 is 5.32 Å². The van der Waals surface area contributed by atoms with Crippen molar-refractivity contribution in [1.29, 1.82) is 5.26 Å². The number of carbonyl (C=O) groups excluding carboxylic acids is 2. The number of anilines is 1. The second kappa shape index (κ2) is 7.79. The van der Waals surface area contributed by atoms with Crippen molar-refractivity contribution in [3.63, 3.8) is 0 Å². The van der Waals surface area contributed by atoms with Crippen LogP contribution in [-0.2, 0) is 9.53 Å². The summed E-state index contributed by atoms with van der Waals surface area (Å²) in [7, 11) is 0. The standard InChI is InChI=1S/C14H17N3O3/c1-3-17(10-13(18)20-4-2)14(19)16-12-7-5-6-11(8-12)9-15/h5-8H,3-4,10H2,1-2H3,(H,16,19). The number of carbonyl (C=O) groups is 2. The minimum atomic E-state index is -0.449. The first kappa shape index (κ1) is 15.5. The Balaban J connectivity index is 2.67. The summed E-state index contributed by atoms with van der Waals surface area (Å²) >= 11 is 0. The summed E-state index contributed by atoms with van der Waals surface area (Å²) in [5, 5.41) is 11.4. The van der Waals surface area contributed by atoms with Gasteiger partial charge in [-0.05, 0) is 32.0 Å². The molecule has 0 aromatic heterocycles. The number of hydrogen-bond acceptors (Lipinski definition) is 4. The number of urea groups is 1. The Morgan fingerprint density at radius 1 is 1.40 bits per heavy atom. The Kier molecular flexibility index (Phi) is 6.04. The molecular formula is C14H17N3O3. The van der Waals surface area contributed by atoms with Crippen molar-refractivity contribution in [2.75, 3.05) is 25.0 Å². The highest BCUT2D eigenvalue weighted by Crippen LogP contribution is 2.10. The average Bonchev–Trinajstić information content (AvgIpc) is 2.45. The van der Waals surface area contributed by atoms with Crippen molar-refractivity contribution >= 4 is 17.7 Å². The summed E-state index contributed by atoms with van der Waals surface area (Å²) in [6.07, 6.45) is 0. The van der Waals surface area contributed by atoms with E-state index < -0.39 is 12.0 Å². The van der Waals surface area contributed by atoms with E-state index in [4.69, 9.17) is 10.00 Å².